The second-order valence-corrected chi connectivity index (χ2v) is 6.53. The van der Waals surface area contributed by atoms with Crippen molar-refractivity contribution >= 4 is 39.1 Å². The molecular formula is C17H16ClN3O2S. The Kier molecular flexibility index (Phi) is 4.97. The summed E-state index contributed by atoms with van der Waals surface area (Å²) < 4.78 is 5.54. The predicted octanol–water partition coefficient (Wildman–Crippen LogP) is 3.98. The van der Waals surface area contributed by atoms with Gasteiger partial charge >= 0.3 is 0 Å². The van der Waals surface area contributed by atoms with E-state index in [0.29, 0.717) is 28.9 Å². The number of ether oxygens (including phenoxy) is 1. The van der Waals surface area contributed by atoms with Crippen LogP contribution in [-0.2, 0) is 6.54 Å². The summed E-state index contributed by atoms with van der Waals surface area (Å²) in [5.41, 5.74) is 1.71. The molecule has 1 N–H and O–H groups in total. The second kappa shape index (κ2) is 7.15. The quantitative estimate of drug-likeness (QED) is 0.746. The lowest BCUT2D eigenvalue weighted by Crippen LogP contribution is -2.22. The van der Waals surface area contributed by atoms with Crippen LogP contribution in [0.25, 0.3) is 10.2 Å². The second-order valence-electron chi connectivity index (χ2n) is 5.12. The number of aryl methyl sites for hydroxylation is 1. The monoisotopic (exact) mass is 361 g/mol. The molecule has 3 rings (SSSR count). The van der Waals surface area contributed by atoms with E-state index in [9.17, 15) is 4.79 Å². The van der Waals surface area contributed by atoms with Crippen LogP contribution in [0.3, 0.4) is 0 Å². The molecule has 0 saturated carbocycles. The number of carbonyl (C=O) groups is 1. The summed E-state index contributed by atoms with van der Waals surface area (Å²) in [6.07, 6.45) is 1.45. The molecule has 3 aromatic rings. The first kappa shape index (κ1) is 16.7. The van der Waals surface area contributed by atoms with Crippen molar-refractivity contribution in [1.82, 2.24) is 15.3 Å². The van der Waals surface area contributed by atoms with Crippen LogP contribution in [0.15, 0.2) is 30.6 Å². The van der Waals surface area contributed by atoms with Gasteiger partial charge in [-0.2, -0.15) is 0 Å². The van der Waals surface area contributed by atoms with Crippen molar-refractivity contribution in [3.63, 3.8) is 0 Å². The molecule has 1 amide bonds. The lowest BCUT2D eigenvalue weighted by Gasteiger charge is -2.06. The maximum atomic E-state index is 12.6. The Balaban J connectivity index is 1.86. The molecule has 24 heavy (non-hydrogen) atoms. The van der Waals surface area contributed by atoms with Gasteiger partial charge in [0.05, 0.1) is 16.9 Å². The number of fused-ring (bicyclic) bond motifs is 1. The van der Waals surface area contributed by atoms with Gasteiger partial charge in [0.2, 0.25) is 5.88 Å². The van der Waals surface area contributed by atoms with E-state index >= 15 is 0 Å². The Morgan fingerprint density at radius 1 is 1.33 bits per heavy atom. The average Bonchev–Trinajstić information content (AvgIpc) is 2.92. The van der Waals surface area contributed by atoms with Crippen LogP contribution >= 0.6 is 22.9 Å². The van der Waals surface area contributed by atoms with Gasteiger partial charge in [-0.25, -0.2) is 9.97 Å². The number of carbonyl (C=O) groups excluding carboxylic acids is 1. The van der Waals surface area contributed by atoms with Crippen molar-refractivity contribution in [3.8, 4) is 5.88 Å². The minimum atomic E-state index is -0.155. The van der Waals surface area contributed by atoms with Crippen LogP contribution in [0.4, 0.5) is 0 Å². The van der Waals surface area contributed by atoms with Gasteiger partial charge in [0.25, 0.3) is 5.91 Å². The molecular weight excluding hydrogens is 346 g/mol. The highest BCUT2D eigenvalue weighted by molar-refractivity contribution is 7.20. The topological polar surface area (TPSA) is 64.1 Å². The smallest absolute Gasteiger partial charge is 0.261 e. The maximum Gasteiger partial charge on any atom is 0.261 e. The summed E-state index contributed by atoms with van der Waals surface area (Å²) in [7, 11) is 0. The molecule has 0 radical (unpaired) electrons. The van der Waals surface area contributed by atoms with Crippen LogP contribution in [0.1, 0.15) is 27.7 Å². The zero-order chi connectivity index (χ0) is 17.1. The lowest BCUT2D eigenvalue weighted by atomic mass is 10.2. The number of rotatable bonds is 5. The van der Waals surface area contributed by atoms with Crippen LogP contribution in [-0.4, -0.2) is 22.5 Å². The van der Waals surface area contributed by atoms with E-state index in [2.05, 4.69) is 15.3 Å². The summed E-state index contributed by atoms with van der Waals surface area (Å²) in [4.78, 5) is 22.3. The highest BCUT2D eigenvalue weighted by atomic mass is 35.5. The third kappa shape index (κ3) is 3.20. The standard InChI is InChI=1S/C17H16ClN3O2S/c1-3-23-16-13-10(2)14(24-17(13)21-9-20-16)15(22)19-8-11-6-4-5-7-12(11)18/h4-7,9H,3,8H2,1-2H3,(H,19,22). The first-order valence-electron chi connectivity index (χ1n) is 7.50. The summed E-state index contributed by atoms with van der Waals surface area (Å²) >= 11 is 7.46. The summed E-state index contributed by atoms with van der Waals surface area (Å²) in [5, 5.41) is 4.34. The number of nitrogens with one attached hydrogen (secondary N) is 1. The Labute approximate surface area is 148 Å². The molecule has 1 aromatic carbocycles. The first-order valence-corrected chi connectivity index (χ1v) is 8.69. The zero-order valence-electron chi connectivity index (χ0n) is 13.3. The number of benzene rings is 1. The molecule has 0 spiro atoms. The van der Waals surface area contributed by atoms with Gasteiger partial charge in [-0.1, -0.05) is 29.8 Å². The van der Waals surface area contributed by atoms with Crippen LogP contribution in [0.2, 0.25) is 5.02 Å². The third-order valence-electron chi connectivity index (χ3n) is 3.58. The Morgan fingerprint density at radius 3 is 2.88 bits per heavy atom. The molecule has 2 heterocycles. The minimum absolute atomic E-state index is 0.155. The van der Waals surface area contributed by atoms with Crippen molar-refractivity contribution in [3.05, 3.63) is 51.6 Å². The van der Waals surface area contributed by atoms with Gasteiger partial charge in [-0.05, 0) is 31.0 Å². The Morgan fingerprint density at radius 2 is 2.12 bits per heavy atom. The Bertz CT molecular complexity index is 895. The fourth-order valence-electron chi connectivity index (χ4n) is 2.40. The van der Waals surface area contributed by atoms with E-state index in [1.54, 1.807) is 6.07 Å². The molecule has 0 saturated heterocycles. The number of hydrogen-bond donors (Lipinski definition) is 1. The predicted molar refractivity (Wildman–Crippen MR) is 95.9 cm³/mol. The van der Waals surface area contributed by atoms with Gasteiger partial charge in [-0.3, -0.25) is 4.79 Å². The van der Waals surface area contributed by atoms with Crippen molar-refractivity contribution in [1.29, 1.82) is 0 Å². The number of amides is 1. The molecule has 5 nitrogen and oxygen atoms in total. The van der Waals surface area contributed by atoms with Crippen molar-refractivity contribution < 1.29 is 9.53 Å². The molecule has 0 bridgehead atoms. The van der Waals surface area contributed by atoms with E-state index < -0.39 is 0 Å². The minimum Gasteiger partial charge on any atom is -0.477 e. The van der Waals surface area contributed by atoms with Crippen molar-refractivity contribution in [2.45, 2.75) is 20.4 Å². The van der Waals surface area contributed by atoms with E-state index in [1.165, 1.54) is 17.7 Å². The molecule has 0 aliphatic rings. The normalized spacial score (nSPS) is 10.8. The van der Waals surface area contributed by atoms with Gasteiger partial charge < -0.3 is 10.1 Å². The van der Waals surface area contributed by atoms with E-state index in [1.807, 2.05) is 32.0 Å². The first-order chi connectivity index (χ1) is 11.6. The molecule has 0 atom stereocenters. The highest BCUT2D eigenvalue weighted by Crippen LogP contribution is 2.34. The summed E-state index contributed by atoms with van der Waals surface area (Å²) in [5.74, 6) is 0.360. The molecule has 124 valence electrons. The number of aromatic nitrogens is 2. The van der Waals surface area contributed by atoms with Gasteiger partial charge in [-0.15, -0.1) is 11.3 Å². The molecule has 0 fully saturated rings. The molecule has 0 unspecified atom stereocenters. The molecule has 0 aliphatic heterocycles. The van der Waals surface area contributed by atoms with Crippen LogP contribution in [0, 0.1) is 6.92 Å². The van der Waals surface area contributed by atoms with Gasteiger partial charge in [0.1, 0.15) is 11.2 Å². The number of halogens is 1. The SMILES string of the molecule is CCOc1ncnc2sc(C(=O)NCc3ccccc3Cl)c(C)c12. The van der Waals surface area contributed by atoms with E-state index in [0.717, 1.165) is 21.3 Å². The third-order valence-corrected chi connectivity index (χ3v) is 5.14. The fraction of sp³-hybridized carbons (Fsp3) is 0.235. The van der Waals surface area contributed by atoms with Crippen LogP contribution < -0.4 is 10.1 Å². The van der Waals surface area contributed by atoms with E-state index in [-0.39, 0.29) is 5.91 Å². The zero-order valence-corrected chi connectivity index (χ0v) is 14.9. The van der Waals surface area contributed by atoms with Gasteiger partial charge in [0.15, 0.2) is 0 Å². The highest BCUT2D eigenvalue weighted by Gasteiger charge is 2.19. The molecule has 7 heteroatoms. The van der Waals surface area contributed by atoms with Crippen molar-refractivity contribution in [2.75, 3.05) is 6.61 Å². The lowest BCUT2D eigenvalue weighted by molar-refractivity contribution is 0.0954. The fourth-order valence-corrected chi connectivity index (χ4v) is 3.66. The number of hydrogen-bond acceptors (Lipinski definition) is 5. The summed E-state index contributed by atoms with van der Waals surface area (Å²) in [6.45, 7) is 4.66. The van der Waals surface area contributed by atoms with E-state index in [4.69, 9.17) is 16.3 Å². The number of nitrogens with zero attached hydrogens (tertiary/aromatic N) is 2. The molecule has 2 aromatic heterocycles. The maximum absolute atomic E-state index is 12.6. The number of thiophene rings is 1. The van der Waals surface area contributed by atoms with Crippen molar-refractivity contribution in [2.24, 2.45) is 0 Å². The Hall–Kier alpha value is -2.18. The largest absolute Gasteiger partial charge is 0.477 e. The average molecular weight is 362 g/mol. The molecule has 0 aliphatic carbocycles. The van der Waals surface area contributed by atoms with Crippen LogP contribution in [0.5, 0.6) is 5.88 Å². The summed E-state index contributed by atoms with van der Waals surface area (Å²) in [6, 6.07) is 7.44. The van der Waals surface area contributed by atoms with Gasteiger partial charge in [0, 0.05) is 11.6 Å².